The largest absolute Gasteiger partial charge is 0.392 e. The number of piperidine rings is 1. The van der Waals surface area contributed by atoms with Crippen molar-refractivity contribution < 1.29 is 19.1 Å². The number of nitrogens with one attached hydrogen (secondary N) is 1. The number of benzene rings is 2. The fraction of sp³-hybridized carbons (Fsp3) is 0.263. The van der Waals surface area contributed by atoms with Crippen LogP contribution in [-0.2, 0) is 11.4 Å². The van der Waals surface area contributed by atoms with Gasteiger partial charge >= 0.3 is 0 Å². The first-order valence-electron chi connectivity index (χ1n) is 8.16. The molecule has 0 spiro atoms. The Balaban J connectivity index is 1.72. The molecule has 5 nitrogen and oxygen atoms in total. The van der Waals surface area contributed by atoms with Gasteiger partial charge in [-0.2, -0.15) is 0 Å². The van der Waals surface area contributed by atoms with E-state index in [0.717, 1.165) is 18.2 Å². The predicted molar refractivity (Wildman–Crippen MR) is 91.6 cm³/mol. The first-order valence-corrected chi connectivity index (χ1v) is 8.16. The number of anilines is 1. The molecule has 2 N–H and O–H groups in total. The van der Waals surface area contributed by atoms with Gasteiger partial charge < -0.3 is 15.3 Å². The van der Waals surface area contributed by atoms with Crippen molar-refractivity contribution in [3.05, 3.63) is 65.5 Å². The molecule has 0 aromatic heterocycles. The highest BCUT2D eigenvalue weighted by Gasteiger charge is 2.31. The molecule has 6 heteroatoms. The van der Waals surface area contributed by atoms with Gasteiger partial charge in [0.2, 0.25) is 5.91 Å². The van der Waals surface area contributed by atoms with Crippen molar-refractivity contribution >= 4 is 17.5 Å². The smallest absolute Gasteiger partial charge is 0.252 e. The summed E-state index contributed by atoms with van der Waals surface area (Å²) in [6, 6.07) is 12.5. The number of aliphatic hydroxyl groups is 1. The molecular formula is C19H19FN2O3. The average molecular weight is 342 g/mol. The van der Waals surface area contributed by atoms with E-state index in [0.29, 0.717) is 13.0 Å². The van der Waals surface area contributed by atoms with Gasteiger partial charge in [0.25, 0.3) is 5.91 Å². The van der Waals surface area contributed by atoms with E-state index in [1.54, 1.807) is 4.90 Å². The highest BCUT2D eigenvalue weighted by Crippen LogP contribution is 2.21. The van der Waals surface area contributed by atoms with Crippen LogP contribution in [0.1, 0.15) is 28.8 Å². The number of halogens is 1. The SMILES string of the molecule is O=C(NC1CCCN(c2ccccc2)C1=O)c1ccc(CO)c(F)c1. The summed E-state index contributed by atoms with van der Waals surface area (Å²) in [6.07, 6.45) is 1.31. The molecule has 1 atom stereocenters. The zero-order valence-corrected chi connectivity index (χ0v) is 13.6. The van der Waals surface area contributed by atoms with Crippen LogP contribution in [-0.4, -0.2) is 29.5 Å². The number of amides is 2. The lowest BCUT2D eigenvalue weighted by Crippen LogP contribution is -2.52. The van der Waals surface area contributed by atoms with Gasteiger partial charge in [-0.15, -0.1) is 0 Å². The van der Waals surface area contributed by atoms with Crippen molar-refractivity contribution in [2.75, 3.05) is 11.4 Å². The van der Waals surface area contributed by atoms with Gasteiger partial charge in [0.1, 0.15) is 11.9 Å². The van der Waals surface area contributed by atoms with E-state index in [-0.39, 0.29) is 17.0 Å². The van der Waals surface area contributed by atoms with Crippen LogP contribution >= 0.6 is 0 Å². The summed E-state index contributed by atoms with van der Waals surface area (Å²) in [5.74, 6) is -1.31. The molecule has 1 aliphatic heterocycles. The number of nitrogens with zero attached hydrogens (tertiary/aromatic N) is 1. The quantitative estimate of drug-likeness (QED) is 0.895. The molecule has 1 heterocycles. The summed E-state index contributed by atoms with van der Waals surface area (Å²) in [4.78, 5) is 26.7. The van der Waals surface area contributed by atoms with E-state index < -0.39 is 24.4 Å². The number of aliphatic hydroxyl groups excluding tert-OH is 1. The van der Waals surface area contributed by atoms with Gasteiger partial charge in [0.05, 0.1) is 6.61 Å². The monoisotopic (exact) mass is 342 g/mol. The number of carbonyl (C=O) groups excluding carboxylic acids is 2. The van der Waals surface area contributed by atoms with Crippen molar-refractivity contribution in [3.63, 3.8) is 0 Å². The number of hydrogen-bond donors (Lipinski definition) is 2. The third kappa shape index (κ3) is 3.69. The highest BCUT2D eigenvalue weighted by molar-refractivity contribution is 6.02. The van der Waals surface area contributed by atoms with Crippen LogP contribution in [0.15, 0.2) is 48.5 Å². The average Bonchev–Trinajstić information content (AvgIpc) is 2.64. The number of carbonyl (C=O) groups is 2. The second-order valence-corrected chi connectivity index (χ2v) is 5.96. The van der Waals surface area contributed by atoms with Gasteiger partial charge in [0, 0.05) is 23.4 Å². The molecule has 2 aromatic carbocycles. The van der Waals surface area contributed by atoms with Crippen LogP contribution in [0.4, 0.5) is 10.1 Å². The Morgan fingerprint density at radius 3 is 2.68 bits per heavy atom. The third-order valence-electron chi connectivity index (χ3n) is 4.30. The van der Waals surface area contributed by atoms with E-state index in [1.807, 2.05) is 30.3 Å². The second-order valence-electron chi connectivity index (χ2n) is 5.96. The van der Waals surface area contributed by atoms with Crippen molar-refractivity contribution in [2.24, 2.45) is 0 Å². The fourth-order valence-corrected chi connectivity index (χ4v) is 2.93. The molecule has 1 aliphatic rings. The van der Waals surface area contributed by atoms with Gasteiger partial charge in [-0.25, -0.2) is 4.39 Å². The first kappa shape index (κ1) is 17.1. The van der Waals surface area contributed by atoms with Crippen LogP contribution in [0.25, 0.3) is 0 Å². The lowest BCUT2D eigenvalue weighted by molar-refractivity contribution is -0.121. The maximum atomic E-state index is 13.7. The number of para-hydroxylation sites is 1. The topological polar surface area (TPSA) is 69.6 Å². The van der Waals surface area contributed by atoms with E-state index in [4.69, 9.17) is 5.11 Å². The minimum atomic E-state index is -0.643. The molecule has 2 aromatic rings. The normalized spacial score (nSPS) is 17.4. The van der Waals surface area contributed by atoms with Crippen molar-refractivity contribution in [2.45, 2.75) is 25.5 Å². The van der Waals surface area contributed by atoms with Crippen LogP contribution in [0.5, 0.6) is 0 Å². The maximum Gasteiger partial charge on any atom is 0.252 e. The van der Waals surface area contributed by atoms with Crippen LogP contribution in [0.2, 0.25) is 0 Å². The Bertz CT molecular complexity index is 779. The first-order chi connectivity index (χ1) is 12.1. The van der Waals surface area contributed by atoms with Crippen LogP contribution in [0.3, 0.4) is 0 Å². The zero-order valence-electron chi connectivity index (χ0n) is 13.6. The summed E-state index contributed by atoms with van der Waals surface area (Å²) in [5, 5.41) is 11.7. The Kier molecular flexibility index (Phi) is 5.09. The Hall–Kier alpha value is -2.73. The predicted octanol–water partition coefficient (Wildman–Crippen LogP) is 2.24. The summed E-state index contributed by atoms with van der Waals surface area (Å²) < 4.78 is 13.7. The summed E-state index contributed by atoms with van der Waals surface area (Å²) in [6.45, 7) is 0.177. The molecular weight excluding hydrogens is 323 g/mol. The number of hydrogen-bond acceptors (Lipinski definition) is 3. The summed E-state index contributed by atoms with van der Waals surface area (Å²) >= 11 is 0. The van der Waals surface area contributed by atoms with Crippen LogP contribution < -0.4 is 10.2 Å². The highest BCUT2D eigenvalue weighted by atomic mass is 19.1. The van der Waals surface area contributed by atoms with Crippen molar-refractivity contribution in [1.29, 1.82) is 0 Å². The van der Waals surface area contributed by atoms with E-state index >= 15 is 0 Å². The van der Waals surface area contributed by atoms with Gasteiger partial charge in [0.15, 0.2) is 0 Å². The molecule has 0 aliphatic carbocycles. The van der Waals surface area contributed by atoms with E-state index in [9.17, 15) is 14.0 Å². The molecule has 0 radical (unpaired) electrons. The fourth-order valence-electron chi connectivity index (χ4n) is 2.93. The zero-order chi connectivity index (χ0) is 17.8. The summed E-state index contributed by atoms with van der Waals surface area (Å²) in [7, 11) is 0. The number of rotatable bonds is 4. The lowest BCUT2D eigenvalue weighted by atomic mass is 10.0. The van der Waals surface area contributed by atoms with E-state index in [1.165, 1.54) is 12.1 Å². The Morgan fingerprint density at radius 2 is 2.00 bits per heavy atom. The molecule has 0 saturated carbocycles. The maximum absolute atomic E-state index is 13.7. The summed E-state index contributed by atoms with van der Waals surface area (Å²) in [5.41, 5.74) is 1.05. The Morgan fingerprint density at radius 1 is 1.24 bits per heavy atom. The molecule has 130 valence electrons. The van der Waals surface area contributed by atoms with Crippen LogP contribution in [0, 0.1) is 5.82 Å². The molecule has 3 rings (SSSR count). The van der Waals surface area contributed by atoms with Gasteiger partial charge in [-0.05, 0) is 37.1 Å². The standard InChI is InChI=1S/C19H19FN2O3/c20-16-11-13(8-9-14(16)12-23)18(24)21-17-7-4-10-22(19(17)25)15-5-2-1-3-6-15/h1-3,5-6,8-9,11,17,23H,4,7,10,12H2,(H,21,24). The molecule has 2 amide bonds. The molecule has 1 fully saturated rings. The van der Waals surface area contributed by atoms with E-state index in [2.05, 4.69) is 5.32 Å². The minimum absolute atomic E-state index is 0.124. The minimum Gasteiger partial charge on any atom is -0.392 e. The second kappa shape index (κ2) is 7.44. The molecule has 1 unspecified atom stereocenters. The molecule has 0 bridgehead atoms. The third-order valence-corrected chi connectivity index (χ3v) is 4.30. The lowest BCUT2D eigenvalue weighted by Gasteiger charge is -2.32. The molecule has 1 saturated heterocycles. The van der Waals surface area contributed by atoms with Gasteiger partial charge in [-0.1, -0.05) is 24.3 Å². The molecule has 25 heavy (non-hydrogen) atoms. The van der Waals surface area contributed by atoms with Crippen molar-refractivity contribution in [3.8, 4) is 0 Å². The van der Waals surface area contributed by atoms with Crippen molar-refractivity contribution in [1.82, 2.24) is 5.32 Å². The Labute approximate surface area is 145 Å². The van der Waals surface area contributed by atoms with Gasteiger partial charge in [-0.3, -0.25) is 9.59 Å².